The molecule has 7 heteroatoms. The van der Waals surface area contributed by atoms with Crippen molar-refractivity contribution < 1.29 is 14.0 Å². The van der Waals surface area contributed by atoms with Gasteiger partial charge < -0.3 is 8.98 Å². The van der Waals surface area contributed by atoms with Crippen LogP contribution in [0.5, 0.6) is 0 Å². The van der Waals surface area contributed by atoms with E-state index in [1.54, 1.807) is 6.26 Å². The Morgan fingerprint density at radius 3 is 2.52 bits per heavy atom. The molecule has 0 aliphatic rings. The molecule has 2 amide bonds. The Balaban J connectivity index is 1.26. The molecule has 5 aromatic rings. The molecule has 0 aliphatic carbocycles. The predicted molar refractivity (Wildman–Crippen MR) is 118 cm³/mol. The van der Waals surface area contributed by atoms with E-state index in [9.17, 15) is 9.59 Å². The third kappa shape index (κ3) is 3.50. The Labute approximate surface area is 177 Å². The van der Waals surface area contributed by atoms with Gasteiger partial charge in [-0.3, -0.25) is 20.4 Å². The van der Waals surface area contributed by atoms with Gasteiger partial charge in [-0.15, -0.1) is 0 Å². The highest BCUT2D eigenvalue weighted by atomic mass is 16.3. The number of aromatic nitrogens is 2. The van der Waals surface area contributed by atoms with Crippen LogP contribution in [0.2, 0.25) is 0 Å². The summed E-state index contributed by atoms with van der Waals surface area (Å²) in [5, 5.41) is 3.02. The lowest BCUT2D eigenvalue weighted by molar-refractivity contribution is -0.128. The van der Waals surface area contributed by atoms with Crippen LogP contribution < -0.4 is 10.9 Å². The smallest absolute Gasteiger partial charge is 0.245 e. The number of aryl methyl sites for hydroxylation is 1. The fraction of sp³-hybridized carbons (Fsp3) is 0.125. The van der Waals surface area contributed by atoms with Gasteiger partial charge in [-0.25, -0.2) is 4.98 Å². The number of hydrogen-bond donors (Lipinski definition) is 2. The molecular weight excluding hydrogens is 392 g/mol. The lowest BCUT2D eigenvalue weighted by Crippen LogP contribution is -2.43. The van der Waals surface area contributed by atoms with Crippen molar-refractivity contribution in [2.24, 2.45) is 7.05 Å². The standard InChI is InChI=1S/C24H20N4O3/c1-28-19-9-5-4-8-18(19)25-21(28)13-23(30)27-26-22(29)12-16-14-31-20-11-10-15-6-2-3-7-17(15)24(16)20/h2-11,14H,12-13H2,1H3,(H,26,29)(H,27,30). The summed E-state index contributed by atoms with van der Waals surface area (Å²) in [7, 11) is 1.87. The molecular formula is C24H20N4O3. The number of nitrogens with zero attached hydrogens (tertiary/aromatic N) is 2. The fourth-order valence-corrected chi connectivity index (χ4v) is 3.90. The summed E-state index contributed by atoms with van der Waals surface area (Å²) in [5.41, 5.74) is 8.25. The molecule has 3 aromatic carbocycles. The van der Waals surface area contributed by atoms with Crippen LogP contribution in [0.3, 0.4) is 0 Å². The van der Waals surface area contributed by atoms with Gasteiger partial charge in [-0.1, -0.05) is 42.5 Å². The highest BCUT2D eigenvalue weighted by molar-refractivity contribution is 6.08. The van der Waals surface area contributed by atoms with Gasteiger partial charge in [0.2, 0.25) is 11.8 Å². The molecule has 0 spiro atoms. The third-order valence-corrected chi connectivity index (χ3v) is 5.43. The highest BCUT2D eigenvalue weighted by Gasteiger charge is 2.15. The number of carbonyl (C=O) groups excluding carboxylic acids is 2. The molecule has 0 fully saturated rings. The first-order valence-corrected chi connectivity index (χ1v) is 9.96. The van der Waals surface area contributed by atoms with Crippen molar-refractivity contribution in [2.75, 3.05) is 0 Å². The first-order chi connectivity index (χ1) is 15.1. The van der Waals surface area contributed by atoms with E-state index in [0.29, 0.717) is 5.82 Å². The Hall–Kier alpha value is -4.13. The molecule has 0 saturated carbocycles. The number of hydrazine groups is 1. The molecule has 31 heavy (non-hydrogen) atoms. The van der Waals surface area contributed by atoms with E-state index >= 15 is 0 Å². The van der Waals surface area contributed by atoms with Gasteiger partial charge in [0.05, 0.1) is 30.1 Å². The number of para-hydroxylation sites is 2. The fourth-order valence-electron chi connectivity index (χ4n) is 3.90. The maximum Gasteiger partial charge on any atom is 0.245 e. The normalized spacial score (nSPS) is 11.3. The van der Waals surface area contributed by atoms with Crippen LogP contribution in [-0.4, -0.2) is 21.4 Å². The Morgan fingerprint density at radius 2 is 1.68 bits per heavy atom. The van der Waals surface area contributed by atoms with Crippen molar-refractivity contribution in [3.63, 3.8) is 0 Å². The second-order valence-corrected chi connectivity index (χ2v) is 7.45. The van der Waals surface area contributed by atoms with Gasteiger partial charge in [0.1, 0.15) is 11.4 Å². The number of rotatable bonds is 4. The second kappa shape index (κ2) is 7.60. The largest absolute Gasteiger partial charge is 0.464 e. The number of imidazole rings is 1. The van der Waals surface area contributed by atoms with E-state index in [1.165, 1.54) is 0 Å². The van der Waals surface area contributed by atoms with Crippen LogP contribution in [0.25, 0.3) is 32.8 Å². The maximum absolute atomic E-state index is 12.5. The molecule has 0 bridgehead atoms. The predicted octanol–water partition coefficient (Wildman–Crippen LogP) is 3.41. The first kappa shape index (κ1) is 18.9. The zero-order valence-electron chi connectivity index (χ0n) is 16.9. The molecule has 2 aromatic heterocycles. The first-order valence-electron chi connectivity index (χ1n) is 9.96. The number of fused-ring (bicyclic) bond motifs is 4. The van der Waals surface area contributed by atoms with Crippen molar-refractivity contribution in [1.29, 1.82) is 0 Å². The number of hydrogen-bond acceptors (Lipinski definition) is 4. The molecule has 2 N–H and O–H groups in total. The van der Waals surface area contributed by atoms with Crippen LogP contribution in [0.1, 0.15) is 11.4 Å². The average Bonchev–Trinajstić information content (AvgIpc) is 3.34. The van der Waals surface area contributed by atoms with Gasteiger partial charge in [0, 0.05) is 18.0 Å². The molecule has 0 atom stereocenters. The van der Waals surface area contributed by atoms with Crippen molar-refractivity contribution in [3.05, 3.63) is 78.3 Å². The number of amides is 2. The average molecular weight is 412 g/mol. The molecule has 0 saturated heterocycles. The van der Waals surface area contributed by atoms with Crippen molar-refractivity contribution in [2.45, 2.75) is 12.8 Å². The second-order valence-electron chi connectivity index (χ2n) is 7.45. The van der Waals surface area contributed by atoms with Crippen LogP contribution in [0.15, 0.2) is 71.3 Å². The summed E-state index contributed by atoms with van der Waals surface area (Å²) in [5.74, 6) is -0.0384. The van der Waals surface area contributed by atoms with E-state index in [4.69, 9.17) is 4.42 Å². The lowest BCUT2D eigenvalue weighted by Gasteiger charge is -2.07. The zero-order valence-corrected chi connectivity index (χ0v) is 16.9. The van der Waals surface area contributed by atoms with Crippen molar-refractivity contribution >= 4 is 44.6 Å². The monoisotopic (exact) mass is 412 g/mol. The topological polar surface area (TPSA) is 89.2 Å². The summed E-state index contributed by atoms with van der Waals surface area (Å²) in [6.07, 6.45) is 1.75. The number of furan rings is 1. The van der Waals surface area contributed by atoms with E-state index in [1.807, 2.05) is 72.3 Å². The summed E-state index contributed by atoms with van der Waals surface area (Å²) in [4.78, 5) is 29.3. The summed E-state index contributed by atoms with van der Waals surface area (Å²) in [6, 6.07) is 19.5. The summed E-state index contributed by atoms with van der Waals surface area (Å²) >= 11 is 0. The Kier molecular flexibility index (Phi) is 4.63. The number of carbonyl (C=O) groups is 2. The molecule has 0 aliphatic heterocycles. The van der Waals surface area contributed by atoms with E-state index in [-0.39, 0.29) is 24.7 Å². The molecule has 7 nitrogen and oxygen atoms in total. The van der Waals surface area contributed by atoms with E-state index in [2.05, 4.69) is 15.8 Å². The Bertz CT molecular complexity index is 1450. The lowest BCUT2D eigenvalue weighted by atomic mass is 10.0. The quantitative estimate of drug-likeness (QED) is 0.443. The molecule has 0 unspecified atom stereocenters. The molecule has 5 rings (SSSR count). The van der Waals surface area contributed by atoms with Crippen LogP contribution >= 0.6 is 0 Å². The van der Waals surface area contributed by atoms with Gasteiger partial charge in [0.15, 0.2) is 0 Å². The minimum atomic E-state index is -0.339. The van der Waals surface area contributed by atoms with Gasteiger partial charge in [-0.2, -0.15) is 0 Å². The van der Waals surface area contributed by atoms with E-state index < -0.39 is 0 Å². The van der Waals surface area contributed by atoms with Gasteiger partial charge in [0.25, 0.3) is 0 Å². The number of benzene rings is 3. The van der Waals surface area contributed by atoms with Gasteiger partial charge in [-0.05, 0) is 29.0 Å². The summed E-state index contributed by atoms with van der Waals surface area (Å²) < 4.78 is 7.50. The SMILES string of the molecule is Cn1c(CC(=O)NNC(=O)Cc2coc3ccc4ccccc4c23)nc2ccccc21. The zero-order chi connectivity index (χ0) is 21.4. The van der Waals surface area contributed by atoms with Gasteiger partial charge >= 0.3 is 0 Å². The van der Waals surface area contributed by atoms with Crippen molar-refractivity contribution in [3.8, 4) is 0 Å². The van der Waals surface area contributed by atoms with Crippen molar-refractivity contribution in [1.82, 2.24) is 20.4 Å². The minimum Gasteiger partial charge on any atom is -0.464 e. The number of nitrogens with one attached hydrogen (secondary N) is 2. The molecule has 2 heterocycles. The highest BCUT2D eigenvalue weighted by Crippen LogP contribution is 2.30. The van der Waals surface area contributed by atoms with Crippen LogP contribution in [0, 0.1) is 0 Å². The summed E-state index contributed by atoms with van der Waals surface area (Å²) in [6.45, 7) is 0. The maximum atomic E-state index is 12.5. The molecule has 0 radical (unpaired) electrons. The molecule has 154 valence electrons. The third-order valence-electron chi connectivity index (χ3n) is 5.43. The minimum absolute atomic E-state index is 0.0603. The Morgan fingerprint density at radius 1 is 0.935 bits per heavy atom. The van der Waals surface area contributed by atoms with Crippen LogP contribution in [-0.2, 0) is 29.5 Å². The van der Waals surface area contributed by atoms with E-state index in [0.717, 1.165) is 38.3 Å². The van der Waals surface area contributed by atoms with Crippen LogP contribution in [0.4, 0.5) is 0 Å².